The molecule has 14 heavy (non-hydrogen) atoms. The van der Waals surface area contributed by atoms with Gasteiger partial charge >= 0.3 is 0 Å². The van der Waals surface area contributed by atoms with Gasteiger partial charge in [0.2, 0.25) is 0 Å². The van der Waals surface area contributed by atoms with Crippen LogP contribution >= 0.6 is 27.5 Å². The Hall–Kier alpha value is -0.930. The number of halogens is 2. The van der Waals surface area contributed by atoms with Gasteiger partial charge in [0.25, 0.3) is 0 Å². The average Bonchev–Trinajstić information content (AvgIpc) is 2.23. The first-order valence-corrected chi connectivity index (χ1v) is 5.17. The smallest absolute Gasteiger partial charge is 0.143 e. The van der Waals surface area contributed by atoms with E-state index in [0.717, 1.165) is 15.7 Å². The molecule has 2 aromatic rings. The minimum absolute atomic E-state index is 0.452. The van der Waals surface area contributed by atoms with E-state index < -0.39 is 0 Å². The van der Waals surface area contributed by atoms with Crippen molar-refractivity contribution in [2.45, 2.75) is 0 Å². The van der Waals surface area contributed by atoms with Crippen LogP contribution in [0.1, 0.15) is 0 Å². The van der Waals surface area contributed by atoms with Gasteiger partial charge in [-0.1, -0.05) is 17.7 Å². The molecular weight excluding hydrogens is 263 g/mol. The van der Waals surface area contributed by atoms with Gasteiger partial charge in [-0.05, 0) is 34.1 Å². The van der Waals surface area contributed by atoms with Gasteiger partial charge in [0, 0.05) is 18.0 Å². The molecule has 0 aliphatic carbocycles. The third-order valence-electron chi connectivity index (χ3n) is 1.79. The number of nitrogens with zero attached hydrogens (tertiary/aromatic N) is 2. The highest BCUT2D eigenvalue weighted by Crippen LogP contribution is 2.30. The van der Waals surface area contributed by atoms with Gasteiger partial charge in [0.1, 0.15) is 5.15 Å². The third kappa shape index (κ3) is 1.79. The zero-order chi connectivity index (χ0) is 9.97. The lowest BCUT2D eigenvalue weighted by Crippen LogP contribution is -1.85. The molecule has 4 heteroatoms. The summed E-state index contributed by atoms with van der Waals surface area (Å²) in [5.74, 6) is 0. The van der Waals surface area contributed by atoms with Crippen LogP contribution in [0.4, 0.5) is 0 Å². The molecule has 0 radical (unpaired) electrons. The minimum Gasteiger partial charge on any atom is -0.256 e. The summed E-state index contributed by atoms with van der Waals surface area (Å²) >= 11 is 9.26. The summed E-state index contributed by atoms with van der Waals surface area (Å²) in [6, 6.07) is 7.61. The van der Waals surface area contributed by atoms with Crippen LogP contribution in [0.5, 0.6) is 0 Å². The molecule has 0 atom stereocenters. The van der Waals surface area contributed by atoms with E-state index in [9.17, 15) is 0 Å². The van der Waals surface area contributed by atoms with Crippen molar-refractivity contribution in [3.05, 3.63) is 46.3 Å². The lowest BCUT2D eigenvalue weighted by molar-refractivity contribution is 1.27. The highest BCUT2D eigenvalue weighted by atomic mass is 79.9. The summed E-state index contributed by atoms with van der Waals surface area (Å²) in [4.78, 5) is 8.19. The van der Waals surface area contributed by atoms with Crippen LogP contribution < -0.4 is 0 Å². The Kier molecular flexibility index (Phi) is 2.79. The highest BCUT2D eigenvalue weighted by Gasteiger charge is 2.07. The van der Waals surface area contributed by atoms with Crippen molar-refractivity contribution in [2.24, 2.45) is 0 Å². The number of hydrogen-bond acceptors (Lipinski definition) is 2. The van der Waals surface area contributed by atoms with Crippen molar-refractivity contribution in [3.63, 3.8) is 0 Å². The molecule has 2 aromatic heterocycles. The molecule has 0 aliphatic rings. The molecule has 0 aromatic carbocycles. The van der Waals surface area contributed by atoms with Gasteiger partial charge in [-0.2, -0.15) is 0 Å². The van der Waals surface area contributed by atoms with Gasteiger partial charge in [-0.25, -0.2) is 4.98 Å². The Morgan fingerprint density at radius 2 is 1.93 bits per heavy atom. The average molecular weight is 270 g/mol. The van der Waals surface area contributed by atoms with Gasteiger partial charge in [0.05, 0.1) is 10.2 Å². The van der Waals surface area contributed by atoms with Crippen molar-refractivity contribution < 1.29 is 0 Å². The number of pyridine rings is 2. The summed E-state index contributed by atoms with van der Waals surface area (Å²) in [6.07, 6.45) is 3.41. The second-order valence-corrected chi connectivity index (χ2v) is 3.83. The monoisotopic (exact) mass is 268 g/mol. The molecule has 0 bridgehead atoms. The molecule has 0 amide bonds. The predicted molar refractivity (Wildman–Crippen MR) is 60.2 cm³/mol. The van der Waals surface area contributed by atoms with Crippen LogP contribution in [-0.2, 0) is 0 Å². The van der Waals surface area contributed by atoms with Crippen LogP contribution in [0, 0.1) is 0 Å². The Labute approximate surface area is 95.1 Å². The first-order chi connectivity index (χ1) is 6.79. The lowest BCUT2D eigenvalue weighted by Gasteiger charge is -2.03. The predicted octanol–water partition coefficient (Wildman–Crippen LogP) is 3.56. The molecule has 2 nitrogen and oxygen atoms in total. The van der Waals surface area contributed by atoms with Crippen molar-refractivity contribution in [2.75, 3.05) is 0 Å². The topological polar surface area (TPSA) is 25.8 Å². The van der Waals surface area contributed by atoms with E-state index in [-0.39, 0.29) is 0 Å². The highest BCUT2D eigenvalue weighted by molar-refractivity contribution is 9.10. The van der Waals surface area contributed by atoms with E-state index in [0.29, 0.717) is 5.15 Å². The second kappa shape index (κ2) is 4.07. The fourth-order valence-electron chi connectivity index (χ4n) is 1.14. The van der Waals surface area contributed by atoms with Crippen LogP contribution in [-0.4, -0.2) is 9.97 Å². The molecule has 2 rings (SSSR count). The lowest BCUT2D eigenvalue weighted by atomic mass is 10.2. The summed E-state index contributed by atoms with van der Waals surface area (Å²) in [6.45, 7) is 0. The quantitative estimate of drug-likeness (QED) is 0.740. The molecule has 0 spiro atoms. The maximum Gasteiger partial charge on any atom is 0.143 e. The maximum absolute atomic E-state index is 5.88. The Morgan fingerprint density at radius 1 is 1.07 bits per heavy atom. The SMILES string of the molecule is Clc1nccc(-c2ccccn2)c1Br. The van der Waals surface area contributed by atoms with E-state index in [1.165, 1.54) is 0 Å². The van der Waals surface area contributed by atoms with E-state index in [1.54, 1.807) is 12.4 Å². The largest absolute Gasteiger partial charge is 0.256 e. The number of rotatable bonds is 1. The third-order valence-corrected chi connectivity index (χ3v) is 3.11. The number of hydrogen-bond donors (Lipinski definition) is 0. The van der Waals surface area contributed by atoms with Crippen LogP contribution in [0.15, 0.2) is 41.1 Å². The van der Waals surface area contributed by atoms with Crippen molar-refractivity contribution >= 4 is 27.5 Å². The molecule has 0 unspecified atom stereocenters. The maximum atomic E-state index is 5.88. The summed E-state index contributed by atoms with van der Waals surface area (Å²) < 4.78 is 0.778. The zero-order valence-corrected chi connectivity index (χ0v) is 9.46. The molecule has 2 heterocycles. The molecule has 0 N–H and O–H groups in total. The fourth-order valence-corrected chi connectivity index (χ4v) is 1.73. The Morgan fingerprint density at radius 3 is 2.64 bits per heavy atom. The van der Waals surface area contributed by atoms with Crippen LogP contribution in [0.2, 0.25) is 5.15 Å². The molecule has 70 valence electrons. The minimum atomic E-state index is 0.452. The molecule has 0 aliphatic heterocycles. The summed E-state index contributed by atoms with van der Waals surface area (Å²) in [5, 5.41) is 0.452. The Balaban J connectivity index is 2.58. The second-order valence-electron chi connectivity index (χ2n) is 2.68. The molecule has 0 fully saturated rings. The molecule has 0 saturated carbocycles. The van der Waals surface area contributed by atoms with E-state index in [2.05, 4.69) is 25.9 Å². The summed E-state index contributed by atoms with van der Waals surface area (Å²) in [5.41, 5.74) is 1.83. The van der Waals surface area contributed by atoms with E-state index in [4.69, 9.17) is 11.6 Å². The standard InChI is InChI=1S/C10H6BrClN2/c11-9-7(4-6-14-10(9)12)8-3-1-2-5-13-8/h1-6H. The Bertz CT molecular complexity index is 445. The normalized spacial score (nSPS) is 10.1. The van der Waals surface area contributed by atoms with Gasteiger partial charge in [0.15, 0.2) is 0 Å². The molecule has 0 saturated heterocycles. The van der Waals surface area contributed by atoms with Gasteiger partial charge < -0.3 is 0 Å². The van der Waals surface area contributed by atoms with E-state index >= 15 is 0 Å². The van der Waals surface area contributed by atoms with Crippen LogP contribution in [0.3, 0.4) is 0 Å². The summed E-state index contributed by atoms with van der Waals surface area (Å²) in [7, 11) is 0. The van der Waals surface area contributed by atoms with Gasteiger partial charge in [-0.3, -0.25) is 4.98 Å². The fraction of sp³-hybridized carbons (Fsp3) is 0. The van der Waals surface area contributed by atoms with Crippen LogP contribution in [0.25, 0.3) is 11.3 Å². The first-order valence-electron chi connectivity index (χ1n) is 4.00. The first kappa shape index (κ1) is 9.62. The van der Waals surface area contributed by atoms with E-state index in [1.807, 2.05) is 24.3 Å². The van der Waals surface area contributed by atoms with Gasteiger partial charge in [-0.15, -0.1) is 0 Å². The van der Waals surface area contributed by atoms with Crippen molar-refractivity contribution in [1.82, 2.24) is 9.97 Å². The molecular formula is C10H6BrClN2. The zero-order valence-electron chi connectivity index (χ0n) is 7.11. The van der Waals surface area contributed by atoms with Crippen molar-refractivity contribution in [3.8, 4) is 11.3 Å². The number of aromatic nitrogens is 2. The van der Waals surface area contributed by atoms with Crippen molar-refractivity contribution in [1.29, 1.82) is 0 Å².